The van der Waals surface area contributed by atoms with Crippen molar-refractivity contribution in [3.8, 4) is 0 Å². The van der Waals surface area contributed by atoms with Crippen molar-refractivity contribution >= 4 is 6.21 Å². The van der Waals surface area contributed by atoms with E-state index in [-0.39, 0.29) is 0 Å². The van der Waals surface area contributed by atoms with Crippen molar-refractivity contribution in [3.63, 3.8) is 0 Å². The van der Waals surface area contributed by atoms with Gasteiger partial charge >= 0.3 is 6.30 Å². The van der Waals surface area contributed by atoms with Crippen LogP contribution >= 0.6 is 0 Å². The fraction of sp³-hybridized carbons (Fsp3) is 0.667. The summed E-state index contributed by atoms with van der Waals surface area (Å²) in [7, 11) is 0. The lowest BCUT2D eigenvalue weighted by atomic mass is 10.9. The molecule has 0 rings (SSSR count). The monoisotopic (exact) mass is 111 g/mol. The first-order valence-electron chi connectivity index (χ1n) is 1.63. The van der Waals surface area contributed by atoms with E-state index in [2.05, 4.69) is 4.99 Å². The molecule has 4 heteroatoms. The predicted molar refractivity (Wildman–Crippen MR) is 20.2 cm³/mol. The normalized spacial score (nSPS) is 13.1. The van der Waals surface area contributed by atoms with Gasteiger partial charge in [-0.1, -0.05) is 0 Å². The van der Waals surface area contributed by atoms with Crippen LogP contribution in [0.1, 0.15) is 6.92 Å². The first-order valence-corrected chi connectivity index (χ1v) is 1.63. The highest BCUT2D eigenvalue weighted by Crippen LogP contribution is 2.14. The van der Waals surface area contributed by atoms with Gasteiger partial charge in [0.15, 0.2) is 0 Å². The smallest absolute Gasteiger partial charge is 0.197 e. The van der Waals surface area contributed by atoms with E-state index in [1.54, 1.807) is 0 Å². The number of alkyl halides is 3. The standard InChI is InChI=1S/C3H4F3N/c1-2-7-3(4,5)6/h2H,1H3. The van der Waals surface area contributed by atoms with Crippen molar-refractivity contribution in [3.05, 3.63) is 0 Å². The number of hydrogen-bond donors (Lipinski definition) is 0. The highest BCUT2D eigenvalue weighted by molar-refractivity contribution is 5.53. The Morgan fingerprint density at radius 2 is 1.86 bits per heavy atom. The largest absolute Gasteiger partial charge is 0.502 e. The van der Waals surface area contributed by atoms with Crippen LogP contribution in [0.5, 0.6) is 0 Å². The maximum atomic E-state index is 10.9. The first-order chi connectivity index (χ1) is 3.06. The van der Waals surface area contributed by atoms with E-state index in [9.17, 15) is 13.2 Å². The third-order valence-electron chi connectivity index (χ3n) is 0.275. The van der Waals surface area contributed by atoms with Gasteiger partial charge in [0.25, 0.3) is 0 Å². The summed E-state index contributed by atoms with van der Waals surface area (Å²) in [6.45, 7) is 1.22. The molecule has 0 aromatic carbocycles. The number of halogens is 3. The second-order valence-corrected chi connectivity index (χ2v) is 0.855. The van der Waals surface area contributed by atoms with Gasteiger partial charge in [0.1, 0.15) is 0 Å². The van der Waals surface area contributed by atoms with Crippen LogP contribution < -0.4 is 0 Å². The second-order valence-electron chi connectivity index (χ2n) is 0.855. The Hall–Kier alpha value is -0.540. The summed E-state index contributed by atoms with van der Waals surface area (Å²) in [4.78, 5) is 2.13. The number of hydrogen-bond acceptors (Lipinski definition) is 1. The molecule has 7 heavy (non-hydrogen) atoms. The summed E-state index contributed by atoms with van der Waals surface area (Å²) in [5.74, 6) is 0. The van der Waals surface area contributed by atoms with Crippen molar-refractivity contribution in [1.29, 1.82) is 0 Å². The minimum absolute atomic E-state index is 0.708. The molecule has 0 radical (unpaired) electrons. The topological polar surface area (TPSA) is 12.4 Å². The summed E-state index contributed by atoms with van der Waals surface area (Å²) >= 11 is 0. The maximum Gasteiger partial charge on any atom is 0.502 e. The maximum absolute atomic E-state index is 10.9. The molecule has 0 aliphatic rings. The Morgan fingerprint density at radius 3 is 1.86 bits per heavy atom. The van der Waals surface area contributed by atoms with Gasteiger partial charge in [-0.25, -0.2) is 0 Å². The van der Waals surface area contributed by atoms with Gasteiger partial charge in [-0.2, -0.15) is 4.99 Å². The van der Waals surface area contributed by atoms with Crippen molar-refractivity contribution in [2.45, 2.75) is 13.2 Å². The number of nitrogens with zero attached hydrogens (tertiary/aromatic N) is 1. The summed E-state index contributed by atoms with van der Waals surface area (Å²) in [5, 5.41) is 0. The lowest BCUT2D eigenvalue weighted by Gasteiger charge is -1.92. The molecule has 0 aliphatic heterocycles. The van der Waals surface area contributed by atoms with Crippen molar-refractivity contribution in [1.82, 2.24) is 0 Å². The molecular weight excluding hydrogens is 107 g/mol. The predicted octanol–water partition coefficient (Wildman–Crippen LogP) is 1.60. The summed E-state index contributed by atoms with van der Waals surface area (Å²) in [6, 6.07) is 0. The lowest BCUT2D eigenvalue weighted by Crippen LogP contribution is -2.00. The molecule has 0 aromatic rings. The van der Waals surface area contributed by atoms with Gasteiger partial charge in [0.2, 0.25) is 0 Å². The van der Waals surface area contributed by atoms with Gasteiger partial charge in [-0.3, -0.25) is 0 Å². The zero-order valence-electron chi connectivity index (χ0n) is 3.66. The van der Waals surface area contributed by atoms with Gasteiger partial charge in [-0.05, 0) is 6.92 Å². The Balaban J connectivity index is 3.56. The molecule has 0 atom stereocenters. The Morgan fingerprint density at radius 1 is 1.43 bits per heavy atom. The molecule has 1 nitrogen and oxygen atoms in total. The summed E-state index contributed by atoms with van der Waals surface area (Å²) in [6.07, 6.45) is -3.67. The Kier molecular flexibility index (Phi) is 1.80. The van der Waals surface area contributed by atoms with E-state index >= 15 is 0 Å². The van der Waals surface area contributed by atoms with Gasteiger partial charge in [-0.15, -0.1) is 13.2 Å². The molecular formula is C3H4F3N. The molecule has 0 fully saturated rings. The first kappa shape index (κ1) is 6.46. The quantitative estimate of drug-likeness (QED) is 0.332. The molecule has 0 saturated heterocycles. The van der Waals surface area contributed by atoms with Crippen molar-refractivity contribution in [2.24, 2.45) is 4.99 Å². The number of rotatable bonds is 0. The zero-order valence-corrected chi connectivity index (χ0v) is 3.66. The molecule has 42 valence electrons. The molecule has 0 saturated carbocycles. The SMILES string of the molecule is CC=NC(F)(F)F. The van der Waals surface area contributed by atoms with Crippen LogP contribution in [0.4, 0.5) is 13.2 Å². The van der Waals surface area contributed by atoms with E-state index in [1.807, 2.05) is 0 Å². The zero-order chi connectivity index (χ0) is 5.91. The third kappa shape index (κ3) is 5.46. The van der Waals surface area contributed by atoms with E-state index in [4.69, 9.17) is 0 Å². The molecule has 0 amide bonds. The van der Waals surface area contributed by atoms with E-state index in [1.165, 1.54) is 6.92 Å². The number of aliphatic imine (C=N–C) groups is 1. The summed E-state index contributed by atoms with van der Waals surface area (Å²) < 4.78 is 32.6. The van der Waals surface area contributed by atoms with Crippen LogP contribution in [0.25, 0.3) is 0 Å². The molecule has 0 spiro atoms. The van der Waals surface area contributed by atoms with Gasteiger partial charge < -0.3 is 0 Å². The van der Waals surface area contributed by atoms with E-state index in [0.29, 0.717) is 6.21 Å². The molecule has 0 aliphatic carbocycles. The Labute approximate surface area is 38.9 Å². The van der Waals surface area contributed by atoms with E-state index < -0.39 is 6.30 Å². The molecule has 0 unspecified atom stereocenters. The molecule has 0 heterocycles. The minimum Gasteiger partial charge on any atom is -0.197 e. The Bertz CT molecular complexity index is 72.7. The molecule has 0 bridgehead atoms. The van der Waals surface area contributed by atoms with Crippen LogP contribution in [-0.4, -0.2) is 12.5 Å². The fourth-order valence-electron chi connectivity index (χ4n) is 0.146. The van der Waals surface area contributed by atoms with Crippen LogP contribution in [0, 0.1) is 0 Å². The van der Waals surface area contributed by atoms with Crippen LogP contribution in [0.15, 0.2) is 4.99 Å². The second kappa shape index (κ2) is 1.95. The fourth-order valence-corrected chi connectivity index (χ4v) is 0.146. The lowest BCUT2D eigenvalue weighted by molar-refractivity contribution is -0.119. The average Bonchev–Trinajstić information content (AvgIpc) is 1.30. The van der Waals surface area contributed by atoms with Crippen LogP contribution in [0.2, 0.25) is 0 Å². The molecule has 0 N–H and O–H groups in total. The van der Waals surface area contributed by atoms with Crippen molar-refractivity contribution < 1.29 is 13.2 Å². The molecule has 0 aromatic heterocycles. The van der Waals surface area contributed by atoms with Gasteiger partial charge in [0.05, 0.1) is 0 Å². The van der Waals surface area contributed by atoms with Crippen LogP contribution in [0.3, 0.4) is 0 Å². The van der Waals surface area contributed by atoms with Crippen molar-refractivity contribution in [2.75, 3.05) is 0 Å². The van der Waals surface area contributed by atoms with E-state index in [0.717, 1.165) is 0 Å². The highest BCUT2D eigenvalue weighted by Gasteiger charge is 2.23. The van der Waals surface area contributed by atoms with Crippen LogP contribution in [-0.2, 0) is 0 Å². The minimum atomic E-state index is -4.38. The third-order valence-corrected chi connectivity index (χ3v) is 0.275. The van der Waals surface area contributed by atoms with Gasteiger partial charge in [0, 0.05) is 6.21 Å². The highest BCUT2D eigenvalue weighted by atomic mass is 19.4. The average molecular weight is 111 g/mol. The summed E-state index contributed by atoms with van der Waals surface area (Å²) in [5.41, 5.74) is 0.